The van der Waals surface area contributed by atoms with E-state index in [0.29, 0.717) is 18.3 Å². The van der Waals surface area contributed by atoms with Gasteiger partial charge in [0.1, 0.15) is 6.10 Å². The molecule has 4 nitrogen and oxygen atoms in total. The smallest absolute Gasteiger partial charge is 0.305 e. The van der Waals surface area contributed by atoms with E-state index in [4.69, 9.17) is 9.47 Å². The van der Waals surface area contributed by atoms with E-state index < -0.39 is 0 Å². The normalized spacial score (nSPS) is 42.8. The van der Waals surface area contributed by atoms with Crippen LogP contribution in [-0.4, -0.2) is 25.2 Å². The molecule has 4 rings (SSSR count). The Balaban J connectivity index is 1.56. The molecule has 8 atom stereocenters. The zero-order chi connectivity index (χ0) is 24.0. The predicted octanol–water partition coefficient (Wildman–Crippen LogP) is 6.64. The summed E-state index contributed by atoms with van der Waals surface area (Å²) < 4.78 is 10.5. The van der Waals surface area contributed by atoms with Crippen LogP contribution in [-0.2, 0) is 19.1 Å². The van der Waals surface area contributed by atoms with E-state index in [2.05, 4.69) is 39.5 Å². The summed E-state index contributed by atoms with van der Waals surface area (Å²) in [6, 6.07) is 0. The molecule has 0 heterocycles. The minimum Gasteiger partial charge on any atom is -0.469 e. The molecule has 3 unspecified atom stereocenters. The van der Waals surface area contributed by atoms with Crippen LogP contribution in [0, 0.1) is 39.9 Å². The Hall–Kier alpha value is -1.58. The number of carbonyl (C=O) groups excluding carboxylic acids is 2. The summed E-state index contributed by atoms with van der Waals surface area (Å²) in [5, 5.41) is 0. The van der Waals surface area contributed by atoms with Gasteiger partial charge in [-0.1, -0.05) is 38.5 Å². The Morgan fingerprint density at radius 3 is 2.58 bits per heavy atom. The fourth-order valence-electron chi connectivity index (χ4n) is 9.11. The average molecular weight is 457 g/mol. The van der Waals surface area contributed by atoms with E-state index in [1.807, 2.05) is 0 Å². The van der Waals surface area contributed by atoms with Crippen LogP contribution in [0.25, 0.3) is 0 Å². The molecule has 0 aromatic carbocycles. The number of ether oxygens (including phenoxy) is 2. The van der Waals surface area contributed by atoms with Gasteiger partial charge in [-0.2, -0.15) is 0 Å². The van der Waals surface area contributed by atoms with Crippen molar-refractivity contribution in [3.63, 3.8) is 0 Å². The lowest BCUT2D eigenvalue weighted by Gasteiger charge is -2.60. The summed E-state index contributed by atoms with van der Waals surface area (Å²) in [5.41, 5.74) is 2.12. The highest BCUT2D eigenvalue weighted by Gasteiger charge is 2.64. The third-order valence-corrected chi connectivity index (χ3v) is 11.0. The molecule has 0 amide bonds. The highest BCUT2D eigenvalue weighted by Crippen LogP contribution is 2.71. The standard InChI is InChI=1S/C29H44O4/c1-7-29(19(2)8-11-26(31)32-6)17-14-25-23-10-9-21-18-22(33-20(3)30)12-15-27(21,4)24(23)13-16-28(25,29)5/h7,9,19,22-25H,1,8,10-18H2,2-6H3/t19-,22+,23?,24?,25?,27+,28+,29-/m1/s1. The fraction of sp³-hybridized carbons (Fsp3) is 0.793. The zero-order valence-corrected chi connectivity index (χ0v) is 21.5. The Morgan fingerprint density at radius 2 is 1.91 bits per heavy atom. The molecule has 4 aliphatic carbocycles. The number of esters is 2. The van der Waals surface area contributed by atoms with Gasteiger partial charge in [0.05, 0.1) is 7.11 Å². The predicted molar refractivity (Wildman–Crippen MR) is 130 cm³/mol. The van der Waals surface area contributed by atoms with Crippen molar-refractivity contribution in [1.82, 2.24) is 0 Å². The first kappa shape index (κ1) is 24.5. The van der Waals surface area contributed by atoms with Crippen LogP contribution in [0.1, 0.15) is 91.9 Å². The van der Waals surface area contributed by atoms with Crippen LogP contribution in [0.15, 0.2) is 24.3 Å². The highest BCUT2D eigenvalue weighted by molar-refractivity contribution is 5.69. The molecule has 4 heteroatoms. The summed E-state index contributed by atoms with van der Waals surface area (Å²) in [6.45, 7) is 13.3. The van der Waals surface area contributed by atoms with Gasteiger partial charge in [-0.05, 0) is 91.3 Å². The zero-order valence-electron chi connectivity index (χ0n) is 21.5. The van der Waals surface area contributed by atoms with Gasteiger partial charge in [-0.25, -0.2) is 0 Å². The van der Waals surface area contributed by atoms with E-state index in [0.717, 1.165) is 43.9 Å². The first-order valence-electron chi connectivity index (χ1n) is 13.2. The number of hydrogen-bond donors (Lipinski definition) is 0. The third kappa shape index (κ3) is 3.80. The number of rotatable bonds is 6. The molecule has 0 aromatic rings. The van der Waals surface area contributed by atoms with Crippen LogP contribution < -0.4 is 0 Å². The summed E-state index contributed by atoms with van der Waals surface area (Å²) in [6.07, 6.45) is 15.4. The Morgan fingerprint density at radius 1 is 1.18 bits per heavy atom. The van der Waals surface area contributed by atoms with Gasteiger partial charge in [0, 0.05) is 19.8 Å². The van der Waals surface area contributed by atoms with E-state index in [1.54, 1.807) is 5.57 Å². The fourth-order valence-corrected chi connectivity index (χ4v) is 9.11. The molecule has 3 fully saturated rings. The number of fused-ring (bicyclic) bond motifs is 5. The largest absolute Gasteiger partial charge is 0.469 e. The average Bonchev–Trinajstić information content (AvgIpc) is 3.10. The summed E-state index contributed by atoms with van der Waals surface area (Å²) in [7, 11) is 1.48. The quantitative estimate of drug-likeness (QED) is 0.332. The summed E-state index contributed by atoms with van der Waals surface area (Å²) in [4.78, 5) is 23.4. The van der Waals surface area contributed by atoms with Crippen molar-refractivity contribution in [2.45, 2.75) is 98.0 Å². The van der Waals surface area contributed by atoms with Crippen molar-refractivity contribution >= 4 is 11.9 Å². The van der Waals surface area contributed by atoms with Crippen molar-refractivity contribution in [2.24, 2.45) is 39.9 Å². The minimum absolute atomic E-state index is 0.0581. The number of allylic oxidation sites excluding steroid dienone is 2. The molecule has 184 valence electrons. The maximum atomic E-state index is 11.8. The molecular formula is C29H44O4. The molecule has 0 aromatic heterocycles. The van der Waals surface area contributed by atoms with Crippen molar-refractivity contribution in [2.75, 3.05) is 7.11 Å². The van der Waals surface area contributed by atoms with E-state index in [1.165, 1.54) is 39.7 Å². The number of carbonyl (C=O) groups is 2. The Kier molecular flexibility index (Phi) is 6.61. The van der Waals surface area contributed by atoms with Crippen molar-refractivity contribution in [3.8, 4) is 0 Å². The van der Waals surface area contributed by atoms with E-state index >= 15 is 0 Å². The first-order valence-corrected chi connectivity index (χ1v) is 13.2. The molecule has 33 heavy (non-hydrogen) atoms. The van der Waals surface area contributed by atoms with Crippen molar-refractivity contribution in [1.29, 1.82) is 0 Å². The highest BCUT2D eigenvalue weighted by atomic mass is 16.5. The van der Waals surface area contributed by atoms with Crippen LogP contribution in [0.5, 0.6) is 0 Å². The van der Waals surface area contributed by atoms with Gasteiger partial charge < -0.3 is 9.47 Å². The maximum absolute atomic E-state index is 11.8. The van der Waals surface area contributed by atoms with Gasteiger partial charge >= 0.3 is 11.9 Å². The molecule has 4 aliphatic rings. The molecule has 0 bridgehead atoms. The minimum atomic E-state index is -0.153. The maximum Gasteiger partial charge on any atom is 0.305 e. The van der Waals surface area contributed by atoms with Crippen molar-refractivity contribution in [3.05, 3.63) is 24.3 Å². The topological polar surface area (TPSA) is 52.6 Å². The number of methoxy groups -OCH3 is 1. The second-order valence-corrected chi connectivity index (χ2v) is 12.0. The number of hydrogen-bond acceptors (Lipinski definition) is 4. The Bertz CT molecular complexity index is 829. The molecule has 0 aliphatic heterocycles. The molecular weight excluding hydrogens is 412 g/mol. The van der Waals surface area contributed by atoms with Crippen LogP contribution >= 0.6 is 0 Å². The SMILES string of the molecule is C=C[C@]1([C@H](C)CCC(=O)OC)CCC2C3CC=C4C[C@@H](OC(C)=O)CC[C@]4(C)C3CC[C@@]21C. The van der Waals surface area contributed by atoms with E-state index in [9.17, 15) is 9.59 Å². The van der Waals surface area contributed by atoms with Gasteiger partial charge in [0.15, 0.2) is 0 Å². The lowest BCUT2D eigenvalue weighted by Crippen LogP contribution is -2.53. The van der Waals surface area contributed by atoms with Crippen LogP contribution in [0.3, 0.4) is 0 Å². The third-order valence-electron chi connectivity index (χ3n) is 11.0. The van der Waals surface area contributed by atoms with Gasteiger partial charge in [0.25, 0.3) is 0 Å². The van der Waals surface area contributed by atoms with Gasteiger partial charge in [-0.3, -0.25) is 9.59 Å². The van der Waals surface area contributed by atoms with Crippen molar-refractivity contribution < 1.29 is 19.1 Å². The first-order chi connectivity index (χ1) is 15.6. The molecule has 3 saturated carbocycles. The van der Waals surface area contributed by atoms with Gasteiger partial charge in [-0.15, -0.1) is 6.58 Å². The van der Waals surface area contributed by atoms with Crippen LogP contribution in [0.2, 0.25) is 0 Å². The Labute approximate surface area is 200 Å². The molecule has 0 spiro atoms. The van der Waals surface area contributed by atoms with Crippen LogP contribution in [0.4, 0.5) is 0 Å². The summed E-state index contributed by atoms with van der Waals surface area (Å²) >= 11 is 0. The molecule has 0 saturated heterocycles. The lowest BCUT2D eigenvalue weighted by atomic mass is 9.44. The van der Waals surface area contributed by atoms with Gasteiger partial charge in [0.2, 0.25) is 0 Å². The second-order valence-electron chi connectivity index (χ2n) is 12.0. The van der Waals surface area contributed by atoms with E-state index in [-0.39, 0.29) is 34.3 Å². The summed E-state index contributed by atoms with van der Waals surface area (Å²) in [5.74, 6) is 2.31. The molecule has 0 radical (unpaired) electrons. The molecule has 0 N–H and O–H groups in total. The monoisotopic (exact) mass is 456 g/mol. The lowest BCUT2D eigenvalue weighted by molar-refractivity contribution is -0.149. The second kappa shape index (κ2) is 8.89.